The van der Waals surface area contributed by atoms with Gasteiger partial charge in [-0.05, 0) is 12.1 Å². The third kappa shape index (κ3) is 2.44. The Morgan fingerprint density at radius 2 is 2.20 bits per heavy atom. The summed E-state index contributed by atoms with van der Waals surface area (Å²) in [5.41, 5.74) is 5.03. The van der Waals surface area contributed by atoms with E-state index in [0.717, 1.165) is 0 Å². The Kier molecular flexibility index (Phi) is 4.20. The van der Waals surface area contributed by atoms with Crippen molar-refractivity contribution < 1.29 is 5.82 Å². The van der Waals surface area contributed by atoms with Crippen molar-refractivity contribution in [1.82, 2.24) is 4.98 Å². The average molecular weight is 144 g/mol. The lowest BCUT2D eigenvalue weighted by Gasteiger charge is -1.88. The van der Waals surface area contributed by atoms with Gasteiger partial charge in [0.15, 0.2) is 11.6 Å². The molecule has 0 amide bonds. The monoisotopic (exact) mass is 144 g/mol. The Labute approximate surface area is 61.4 Å². The minimum absolute atomic E-state index is 0. The second kappa shape index (κ2) is 4.73. The van der Waals surface area contributed by atoms with Gasteiger partial charge in [0.05, 0.1) is 0 Å². The standard InChI is InChI=1S/C5H5FN2.C2H6.H2/c6-4-2-1-3-8-5(4)7;1-2;/h1-3H,(H2,7,8);1-2H3;1H. The van der Waals surface area contributed by atoms with Gasteiger partial charge in [-0.25, -0.2) is 9.37 Å². The van der Waals surface area contributed by atoms with Crippen molar-refractivity contribution in [3.8, 4) is 0 Å². The van der Waals surface area contributed by atoms with E-state index in [-0.39, 0.29) is 7.24 Å². The van der Waals surface area contributed by atoms with E-state index in [1.54, 1.807) is 0 Å². The first-order chi connectivity index (χ1) is 4.80. The molecule has 2 nitrogen and oxygen atoms in total. The van der Waals surface area contributed by atoms with E-state index in [1.807, 2.05) is 13.8 Å². The summed E-state index contributed by atoms with van der Waals surface area (Å²) < 4.78 is 12.1. The fourth-order valence-corrected chi connectivity index (χ4v) is 0.398. The number of nitrogens with two attached hydrogens (primary N) is 1. The number of nitrogens with zero attached hydrogens (tertiary/aromatic N) is 1. The summed E-state index contributed by atoms with van der Waals surface area (Å²) in [5, 5.41) is 0. The third-order valence-corrected chi connectivity index (χ3v) is 0.787. The summed E-state index contributed by atoms with van der Waals surface area (Å²) in [7, 11) is 0. The molecule has 0 spiro atoms. The van der Waals surface area contributed by atoms with E-state index in [2.05, 4.69) is 4.98 Å². The van der Waals surface area contributed by atoms with Crippen LogP contribution in [-0.2, 0) is 0 Å². The first-order valence-electron chi connectivity index (χ1n) is 3.16. The van der Waals surface area contributed by atoms with Crippen LogP contribution in [-0.4, -0.2) is 4.98 Å². The number of halogens is 1. The van der Waals surface area contributed by atoms with E-state index in [1.165, 1.54) is 18.3 Å². The van der Waals surface area contributed by atoms with Crippen LogP contribution in [0.4, 0.5) is 10.2 Å². The zero-order valence-electron chi connectivity index (χ0n) is 6.13. The van der Waals surface area contributed by atoms with Gasteiger partial charge in [-0.2, -0.15) is 0 Å². The Bertz CT molecular complexity index is 173. The number of anilines is 1. The van der Waals surface area contributed by atoms with Gasteiger partial charge >= 0.3 is 0 Å². The van der Waals surface area contributed by atoms with Crippen molar-refractivity contribution >= 4 is 5.82 Å². The number of nitrogen functional groups attached to an aromatic ring is 1. The highest BCUT2D eigenvalue weighted by Crippen LogP contribution is 2.01. The molecule has 10 heavy (non-hydrogen) atoms. The largest absolute Gasteiger partial charge is 0.381 e. The Morgan fingerprint density at radius 1 is 1.60 bits per heavy atom. The van der Waals surface area contributed by atoms with Gasteiger partial charge in [0, 0.05) is 7.62 Å². The maximum atomic E-state index is 12.1. The molecule has 0 unspecified atom stereocenters. The Hall–Kier alpha value is -1.12. The van der Waals surface area contributed by atoms with Crippen LogP contribution >= 0.6 is 0 Å². The van der Waals surface area contributed by atoms with Crippen LogP contribution in [0.5, 0.6) is 0 Å². The van der Waals surface area contributed by atoms with E-state index in [4.69, 9.17) is 5.73 Å². The molecule has 0 fully saturated rings. The molecular formula is C7H13FN2. The van der Waals surface area contributed by atoms with Crippen molar-refractivity contribution in [2.75, 3.05) is 5.73 Å². The van der Waals surface area contributed by atoms with Crippen LogP contribution in [0, 0.1) is 5.82 Å². The number of hydrogen-bond acceptors (Lipinski definition) is 2. The first-order valence-corrected chi connectivity index (χ1v) is 3.16. The van der Waals surface area contributed by atoms with Crippen molar-refractivity contribution in [1.29, 1.82) is 0 Å². The van der Waals surface area contributed by atoms with Crippen molar-refractivity contribution in [2.45, 2.75) is 13.8 Å². The molecule has 1 rings (SSSR count). The highest BCUT2D eigenvalue weighted by atomic mass is 19.1. The van der Waals surface area contributed by atoms with Crippen LogP contribution < -0.4 is 5.73 Å². The van der Waals surface area contributed by atoms with Gasteiger partial charge in [-0.3, -0.25) is 0 Å². The minimum Gasteiger partial charge on any atom is -0.381 e. The number of aromatic nitrogens is 1. The molecule has 0 bridgehead atoms. The highest BCUT2D eigenvalue weighted by molar-refractivity contribution is 5.27. The van der Waals surface area contributed by atoms with E-state index >= 15 is 0 Å². The van der Waals surface area contributed by atoms with Crippen LogP contribution in [0.2, 0.25) is 0 Å². The zero-order chi connectivity index (χ0) is 7.98. The summed E-state index contributed by atoms with van der Waals surface area (Å²) in [6, 6.07) is 2.76. The number of hydrogen-bond donors (Lipinski definition) is 1. The van der Waals surface area contributed by atoms with E-state index in [0.29, 0.717) is 0 Å². The molecule has 1 heterocycles. The minimum atomic E-state index is -0.465. The Balaban J connectivity index is 0. The van der Waals surface area contributed by atoms with Crippen LogP contribution in [0.1, 0.15) is 15.3 Å². The molecule has 2 N–H and O–H groups in total. The van der Waals surface area contributed by atoms with Gasteiger partial charge in [0.25, 0.3) is 0 Å². The third-order valence-electron chi connectivity index (χ3n) is 0.787. The van der Waals surface area contributed by atoms with Gasteiger partial charge in [0.2, 0.25) is 0 Å². The van der Waals surface area contributed by atoms with Crippen molar-refractivity contribution in [2.24, 2.45) is 0 Å². The smallest absolute Gasteiger partial charge is 0.165 e. The van der Waals surface area contributed by atoms with E-state index in [9.17, 15) is 4.39 Å². The van der Waals surface area contributed by atoms with Crippen molar-refractivity contribution in [3.63, 3.8) is 0 Å². The van der Waals surface area contributed by atoms with Crippen LogP contribution in [0.25, 0.3) is 0 Å². The molecule has 1 aromatic heterocycles. The molecule has 3 heteroatoms. The number of rotatable bonds is 0. The normalized spacial score (nSPS) is 7.90. The second-order valence-corrected chi connectivity index (χ2v) is 1.37. The topological polar surface area (TPSA) is 38.9 Å². The quantitative estimate of drug-likeness (QED) is 0.605. The molecule has 0 saturated heterocycles. The summed E-state index contributed by atoms with van der Waals surface area (Å²) in [5.74, 6) is -0.514. The van der Waals surface area contributed by atoms with Crippen LogP contribution in [0.3, 0.4) is 0 Å². The van der Waals surface area contributed by atoms with Gasteiger partial charge < -0.3 is 5.73 Å². The predicted molar refractivity (Wildman–Crippen MR) is 42.1 cm³/mol. The average Bonchev–Trinajstić information content (AvgIpc) is 2.00. The highest BCUT2D eigenvalue weighted by Gasteiger charge is 1.91. The zero-order valence-corrected chi connectivity index (χ0v) is 6.13. The fourth-order valence-electron chi connectivity index (χ4n) is 0.398. The van der Waals surface area contributed by atoms with Gasteiger partial charge in [0.1, 0.15) is 0 Å². The fraction of sp³-hybridized carbons (Fsp3) is 0.286. The molecule has 1 aromatic rings. The maximum Gasteiger partial charge on any atom is 0.165 e. The molecule has 0 aliphatic rings. The SMILES string of the molecule is CC.Nc1ncccc1F.[HH]. The predicted octanol–water partition coefficient (Wildman–Crippen LogP) is 2.08. The van der Waals surface area contributed by atoms with E-state index < -0.39 is 5.82 Å². The summed E-state index contributed by atoms with van der Waals surface area (Å²) >= 11 is 0. The van der Waals surface area contributed by atoms with Crippen molar-refractivity contribution in [3.05, 3.63) is 24.1 Å². The molecule has 0 aliphatic carbocycles. The van der Waals surface area contributed by atoms with Gasteiger partial charge in [-0.15, -0.1) is 0 Å². The van der Waals surface area contributed by atoms with Gasteiger partial charge in [-0.1, -0.05) is 13.8 Å². The molecule has 0 radical (unpaired) electrons. The Morgan fingerprint density at radius 3 is 2.50 bits per heavy atom. The summed E-state index contributed by atoms with van der Waals surface area (Å²) in [6.45, 7) is 4.00. The molecule has 0 atom stereocenters. The molecule has 0 saturated carbocycles. The molecule has 58 valence electrons. The summed E-state index contributed by atoms with van der Waals surface area (Å²) in [6.07, 6.45) is 1.44. The van der Waals surface area contributed by atoms with Crippen LogP contribution in [0.15, 0.2) is 18.3 Å². The first kappa shape index (κ1) is 8.88. The molecule has 0 aromatic carbocycles. The lowest BCUT2D eigenvalue weighted by Crippen LogP contribution is -1.91. The second-order valence-electron chi connectivity index (χ2n) is 1.37. The summed E-state index contributed by atoms with van der Waals surface area (Å²) in [4.78, 5) is 3.48. The number of pyridine rings is 1. The maximum absolute atomic E-state index is 12.1. The lowest BCUT2D eigenvalue weighted by molar-refractivity contribution is 0.627. The molecular weight excluding hydrogens is 131 g/mol. The lowest BCUT2D eigenvalue weighted by atomic mass is 10.4. The molecule has 0 aliphatic heterocycles.